The maximum atomic E-state index is 13.6. The zero-order chi connectivity index (χ0) is 15.1. The number of aryl methyl sites for hydroxylation is 1. The Morgan fingerprint density at radius 3 is 2.75 bits per heavy atom. The molecule has 112 valence electrons. The second-order valence-corrected chi connectivity index (χ2v) is 6.96. The topological polar surface area (TPSA) is 83.6 Å². The van der Waals surface area contributed by atoms with Gasteiger partial charge in [-0.3, -0.25) is 0 Å². The summed E-state index contributed by atoms with van der Waals surface area (Å²) >= 11 is 0. The van der Waals surface area contributed by atoms with E-state index in [0.29, 0.717) is 24.9 Å². The Bertz CT molecular complexity index is 631. The van der Waals surface area contributed by atoms with Crippen molar-refractivity contribution < 1.29 is 17.9 Å². The Morgan fingerprint density at radius 2 is 2.15 bits per heavy atom. The number of benzene rings is 1. The second-order valence-electron chi connectivity index (χ2n) is 5.14. The number of anilines is 1. The first kappa shape index (κ1) is 15.2. The van der Waals surface area contributed by atoms with Gasteiger partial charge in [-0.1, -0.05) is 0 Å². The lowest BCUT2D eigenvalue weighted by Crippen LogP contribution is -2.38. The molecule has 1 heterocycles. The van der Waals surface area contributed by atoms with Crippen LogP contribution in [-0.2, 0) is 10.0 Å². The van der Waals surface area contributed by atoms with Crippen molar-refractivity contribution in [3.8, 4) is 0 Å². The van der Waals surface area contributed by atoms with Crippen LogP contribution in [0.25, 0.3) is 0 Å². The molecule has 0 aliphatic carbocycles. The fourth-order valence-corrected chi connectivity index (χ4v) is 4.88. The number of nitrogens with zero attached hydrogens (tertiary/aromatic N) is 1. The number of nitrogen functional groups attached to an aromatic ring is 1. The lowest BCUT2D eigenvalue weighted by Gasteiger charge is -2.25. The highest BCUT2D eigenvalue weighted by Gasteiger charge is 2.37. The van der Waals surface area contributed by atoms with Gasteiger partial charge in [-0.25, -0.2) is 12.8 Å². The number of aliphatic hydroxyl groups is 1. The lowest BCUT2D eigenvalue weighted by molar-refractivity contribution is 0.213. The Balaban J connectivity index is 2.58. The van der Waals surface area contributed by atoms with Gasteiger partial charge in [-0.15, -0.1) is 0 Å². The van der Waals surface area contributed by atoms with E-state index in [2.05, 4.69) is 0 Å². The summed E-state index contributed by atoms with van der Waals surface area (Å²) in [6.45, 7) is 3.20. The van der Waals surface area contributed by atoms with Crippen LogP contribution in [0.3, 0.4) is 0 Å². The van der Waals surface area contributed by atoms with Crippen LogP contribution >= 0.6 is 0 Å². The molecule has 20 heavy (non-hydrogen) atoms. The molecule has 0 radical (unpaired) electrons. The fourth-order valence-electron chi connectivity index (χ4n) is 2.75. The van der Waals surface area contributed by atoms with Gasteiger partial charge in [0.25, 0.3) is 0 Å². The molecule has 0 aromatic heterocycles. The van der Waals surface area contributed by atoms with Crippen molar-refractivity contribution in [2.75, 3.05) is 18.9 Å². The molecule has 1 aliphatic heterocycles. The summed E-state index contributed by atoms with van der Waals surface area (Å²) in [4.78, 5) is 0.0525. The van der Waals surface area contributed by atoms with Crippen LogP contribution in [0.2, 0.25) is 0 Å². The van der Waals surface area contributed by atoms with Crippen LogP contribution in [0, 0.1) is 19.7 Å². The highest BCUT2D eigenvalue weighted by Crippen LogP contribution is 2.33. The third-order valence-electron chi connectivity index (χ3n) is 3.80. The van der Waals surface area contributed by atoms with Gasteiger partial charge in [0.15, 0.2) is 0 Å². The van der Waals surface area contributed by atoms with E-state index in [1.807, 2.05) is 0 Å². The third-order valence-corrected chi connectivity index (χ3v) is 6.05. The van der Waals surface area contributed by atoms with Crippen LogP contribution in [-0.4, -0.2) is 37.0 Å². The van der Waals surface area contributed by atoms with E-state index < -0.39 is 21.9 Å². The van der Waals surface area contributed by atoms with Crippen molar-refractivity contribution in [3.05, 3.63) is 23.0 Å². The van der Waals surface area contributed by atoms with Gasteiger partial charge in [0.05, 0.1) is 17.2 Å². The molecule has 1 aliphatic rings. The Hall–Kier alpha value is -1.18. The van der Waals surface area contributed by atoms with Crippen molar-refractivity contribution >= 4 is 15.7 Å². The van der Waals surface area contributed by atoms with Gasteiger partial charge in [-0.05, 0) is 43.9 Å². The highest BCUT2D eigenvalue weighted by atomic mass is 32.2. The van der Waals surface area contributed by atoms with Crippen molar-refractivity contribution in [2.45, 2.75) is 37.6 Å². The molecule has 0 spiro atoms. The number of halogens is 1. The molecule has 1 atom stereocenters. The predicted molar refractivity (Wildman–Crippen MR) is 74.3 cm³/mol. The lowest BCUT2D eigenvalue weighted by atomic mass is 10.1. The summed E-state index contributed by atoms with van der Waals surface area (Å²) in [5, 5.41) is 9.29. The summed E-state index contributed by atoms with van der Waals surface area (Å²) in [6.07, 6.45) is 1.34. The molecule has 0 bridgehead atoms. The smallest absolute Gasteiger partial charge is 0.244 e. The minimum Gasteiger partial charge on any atom is -0.396 e. The van der Waals surface area contributed by atoms with E-state index in [-0.39, 0.29) is 22.8 Å². The molecule has 2 rings (SSSR count). The fraction of sp³-hybridized carbons (Fsp3) is 0.538. The molecular weight excluding hydrogens is 283 g/mol. The summed E-state index contributed by atoms with van der Waals surface area (Å²) in [5.74, 6) is -0.612. The average Bonchev–Trinajstić information content (AvgIpc) is 2.84. The second kappa shape index (κ2) is 5.31. The van der Waals surface area contributed by atoms with Gasteiger partial charge in [0.2, 0.25) is 10.0 Å². The minimum absolute atomic E-state index is 0.0525. The van der Waals surface area contributed by atoms with Crippen molar-refractivity contribution in [1.29, 1.82) is 0 Å². The monoisotopic (exact) mass is 302 g/mol. The zero-order valence-electron chi connectivity index (χ0n) is 11.6. The molecule has 1 saturated heterocycles. The molecule has 0 amide bonds. The predicted octanol–water partition coefficient (Wildman–Crippen LogP) is 1.17. The van der Waals surface area contributed by atoms with Gasteiger partial charge < -0.3 is 10.8 Å². The molecule has 0 saturated carbocycles. The Kier molecular flexibility index (Phi) is 4.04. The maximum absolute atomic E-state index is 13.6. The normalized spacial score (nSPS) is 20.5. The highest BCUT2D eigenvalue weighted by molar-refractivity contribution is 7.89. The molecule has 1 aromatic rings. The van der Waals surface area contributed by atoms with Crippen LogP contribution in [0.15, 0.2) is 11.0 Å². The molecule has 7 heteroatoms. The van der Waals surface area contributed by atoms with E-state index in [9.17, 15) is 17.9 Å². The van der Waals surface area contributed by atoms with Gasteiger partial charge in [-0.2, -0.15) is 4.31 Å². The Labute approximate surface area is 118 Å². The molecule has 5 nitrogen and oxygen atoms in total. The quantitative estimate of drug-likeness (QED) is 0.821. The van der Waals surface area contributed by atoms with E-state index in [1.54, 1.807) is 6.92 Å². The van der Waals surface area contributed by atoms with Crippen molar-refractivity contribution in [2.24, 2.45) is 0 Å². The number of rotatable bonds is 3. The molecule has 3 N–H and O–H groups in total. The van der Waals surface area contributed by atoms with Gasteiger partial charge in [0.1, 0.15) is 5.82 Å². The number of hydrogen-bond acceptors (Lipinski definition) is 4. The maximum Gasteiger partial charge on any atom is 0.244 e. The first-order valence-electron chi connectivity index (χ1n) is 6.48. The van der Waals surface area contributed by atoms with E-state index >= 15 is 0 Å². The molecule has 1 aromatic carbocycles. The van der Waals surface area contributed by atoms with Crippen LogP contribution < -0.4 is 5.73 Å². The summed E-state index contributed by atoms with van der Waals surface area (Å²) in [5.41, 5.74) is 6.02. The Morgan fingerprint density at radius 1 is 1.50 bits per heavy atom. The first-order valence-corrected chi connectivity index (χ1v) is 7.92. The van der Waals surface area contributed by atoms with Gasteiger partial charge >= 0.3 is 0 Å². The minimum atomic E-state index is -3.77. The molecule has 1 fully saturated rings. The van der Waals surface area contributed by atoms with Crippen LogP contribution in [0.4, 0.5) is 10.1 Å². The molecular formula is C13H19FN2O3S. The third kappa shape index (κ3) is 2.30. The van der Waals surface area contributed by atoms with Crippen molar-refractivity contribution in [1.82, 2.24) is 4.31 Å². The average molecular weight is 302 g/mol. The zero-order valence-corrected chi connectivity index (χ0v) is 12.4. The number of hydrogen-bond donors (Lipinski definition) is 2. The molecule has 0 unspecified atom stereocenters. The number of sulfonamides is 1. The SMILES string of the molecule is Cc1cc(F)c(N)c(C)c1S(=O)(=O)N1CCC[C@H]1CO. The standard InChI is InChI=1S/C13H19FN2O3S/c1-8-6-11(14)12(15)9(2)13(8)20(18,19)16-5-3-4-10(16)7-17/h6,10,17H,3-5,7,15H2,1-2H3/t10-/m0/s1. The summed E-state index contributed by atoms with van der Waals surface area (Å²) < 4.78 is 40.3. The summed E-state index contributed by atoms with van der Waals surface area (Å²) in [7, 11) is -3.77. The largest absolute Gasteiger partial charge is 0.396 e. The number of aliphatic hydroxyl groups excluding tert-OH is 1. The van der Waals surface area contributed by atoms with Crippen molar-refractivity contribution in [3.63, 3.8) is 0 Å². The summed E-state index contributed by atoms with van der Waals surface area (Å²) in [6, 6.07) is 0.726. The van der Waals surface area contributed by atoms with E-state index in [1.165, 1.54) is 11.2 Å². The van der Waals surface area contributed by atoms with Gasteiger partial charge in [0, 0.05) is 12.6 Å². The van der Waals surface area contributed by atoms with E-state index in [4.69, 9.17) is 5.73 Å². The van der Waals surface area contributed by atoms with Crippen LogP contribution in [0.1, 0.15) is 24.0 Å². The van der Waals surface area contributed by atoms with Crippen LogP contribution in [0.5, 0.6) is 0 Å². The number of nitrogens with two attached hydrogens (primary N) is 1. The first-order chi connectivity index (χ1) is 9.30. The van der Waals surface area contributed by atoms with E-state index in [0.717, 1.165) is 6.07 Å².